The minimum atomic E-state index is -0.163. The van der Waals surface area contributed by atoms with Gasteiger partial charge in [0, 0.05) is 19.1 Å². The molecule has 2 unspecified atom stereocenters. The van der Waals surface area contributed by atoms with Crippen molar-refractivity contribution in [1.82, 2.24) is 9.80 Å². The lowest BCUT2D eigenvalue weighted by Gasteiger charge is -2.30. The Kier molecular flexibility index (Phi) is 5.58. The molecule has 0 aromatic carbocycles. The van der Waals surface area contributed by atoms with E-state index in [4.69, 9.17) is 0 Å². The normalized spacial score (nSPS) is 27.6. The highest BCUT2D eigenvalue weighted by atomic mass is 16.3. The molecule has 0 aromatic heterocycles. The summed E-state index contributed by atoms with van der Waals surface area (Å²) < 4.78 is 0. The van der Waals surface area contributed by atoms with Crippen LogP contribution in [0.15, 0.2) is 0 Å². The molecule has 2 atom stereocenters. The second-order valence-corrected chi connectivity index (χ2v) is 4.85. The second-order valence-electron chi connectivity index (χ2n) is 4.85. The molecule has 0 radical (unpaired) electrons. The summed E-state index contributed by atoms with van der Waals surface area (Å²) in [5.41, 5.74) is 0. The maximum absolute atomic E-state index is 9.33. The molecule has 0 amide bonds. The van der Waals surface area contributed by atoms with E-state index in [1.807, 2.05) is 6.92 Å². The Balaban J connectivity index is 2.43. The summed E-state index contributed by atoms with van der Waals surface area (Å²) in [6, 6.07) is 0.677. The topological polar surface area (TPSA) is 26.7 Å². The molecule has 1 rings (SSSR count). The number of rotatable bonds is 4. The number of hydrogen-bond acceptors (Lipinski definition) is 3. The van der Waals surface area contributed by atoms with Crippen molar-refractivity contribution in [2.24, 2.45) is 0 Å². The highest BCUT2D eigenvalue weighted by Gasteiger charge is 2.21. The molecule has 1 N–H and O–H groups in total. The third-order valence-electron chi connectivity index (χ3n) is 3.33. The summed E-state index contributed by atoms with van der Waals surface area (Å²) in [6.45, 7) is 8.77. The summed E-state index contributed by atoms with van der Waals surface area (Å²) in [4.78, 5) is 4.98. The molecule has 0 saturated carbocycles. The van der Waals surface area contributed by atoms with Crippen molar-refractivity contribution in [2.45, 2.75) is 45.3 Å². The third-order valence-corrected chi connectivity index (χ3v) is 3.33. The minimum Gasteiger partial charge on any atom is -0.393 e. The predicted octanol–water partition coefficient (Wildman–Crippen LogP) is 1.17. The molecule has 1 aliphatic rings. The van der Waals surface area contributed by atoms with Gasteiger partial charge in [-0.2, -0.15) is 0 Å². The first kappa shape index (κ1) is 12.9. The highest BCUT2D eigenvalue weighted by Crippen LogP contribution is 2.12. The Hall–Kier alpha value is -0.120. The smallest absolute Gasteiger partial charge is 0.0524 e. The van der Waals surface area contributed by atoms with Gasteiger partial charge in [-0.05, 0) is 46.3 Å². The minimum absolute atomic E-state index is 0.163. The van der Waals surface area contributed by atoms with Crippen LogP contribution in [0.2, 0.25) is 0 Å². The van der Waals surface area contributed by atoms with E-state index in [0.29, 0.717) is 6.04 Å². The molecule has 1 saturated heterocycles. The Morgan fingerprint density at radius 3 is 2.73 bits per heavy atom. The van der Waals surface area contributed by atoms with Gasteiger partial charge in [0.1, 0.15) is 0 Å². The van der Waals surface area contributed by atoms with Gasteiger partial charge in [-0.1, -0.05) is 6.92 Å². The molecule has 3 heteroatoms. The fraction of sp³-hybridized carbons (Fsp3) is 1.00. The number of hydrogen-bond donors (Lipinski definition) is 1. The van der Waals surface area contributed by atoms with E-state index in [-0.39, 0.29) is 6.10 Å². The third kappa shape index (κ3) is 4.49. The predicted molar refractivity (Wildman–Crippen MR) is 64.1 cm³/mol. The molecule has 15 heavy (non-hydrogen) atoms. The van der Waals surface area contributed by atoms with Crippen molar-refractivity contribution in [2.75, 3.05) is 33.2 Å². The van der Waals surface area contributed by atoms with Gasteiger partial charge in [0.2, 0.25) is 0 Å². The molecular weight excluding hydrogens is 188 g/mol. The van der Waals surface area contributed by atoms with Crippen molar-refractivity contribution < 1.29 is 5.11 Å². The van der Waals surface area contributed by atoms with Gasteiger partial charge < -0.3 is 10.0 Å². The largest absolute Gasteiger partial charge is 0.393 e. The van der Waals surface area contributed by atoms with Gasteiger partial charge in [-0.3, -0.25) is 4.90 Å². The molecule has 1 heterocycles. The molecule has 90 valence electrons. The van der Waals surface area contributed by atoms with Gasteiger partial charge in [-0.15, -0.1) is 0 Å². The van der Waals surface area contributed by atoms with Gasteiger partial charge in [0.15, 0.2) is 0 Å². The zero-order valence-corrected chi connectivity index (χ0v) is 10.4. The van der Waals surface area contributed by atoms with E-state index in [1.165, 1.54) is 32.5 Å². The van der Waals surface area contributed by atoms with Crippen LogP contribution in [0.25, 0.3) is 0 Å². The first-order valence-corrected chi connectivity index (χ1v) is 6.24. The van der Waals surface area contributed by atoms with Crippen LogP contribution in [0.5, 0.6) is 0 Å². The van der Waals surface area contributed by atoms with Crippen LogP contribution in [0.3, 0.4) is 0 Å². The van der Waals surface area contributed by atoms with E-state index in [9.17, 15) is 5.11 Å². The van der Waals surface area contributed by atoms with Crippen molar-refractivity contribution >= 4 is 0 Å². The van der Waals surface area contributed by atoms with Crippen LogP contribution in [0, 0.1) is 0 Å². The lowest BCUT2D eigenvalue weighted by molar-refractivity contribution is 0.131. The maximum Gasteiger partial charge on any atom is 0.0524 e. The molecule has 0 aromatic rings. The first-order chi connectivity index (χ1) is 7.13. The SMILES string of the molecule is CCC1CN(C)CCCN1CCC(C)O. The van der Waals surface area contributed by atoms with Crippen LogP contribution in [0.1, 0.15) is 33.1 Å². The Morgan fingerprint density at radius 1 is 1.40 bits per heavy atom. The molecule has 0 spiro atoms. The summed E-state index contributed by atoms with van der Waals surface area (Å²) in [5, 5.41) is 9.33. The summed E-state index contributed by atoms with van der Waals surface area (Å²) in [5.74, 6) is 0. The van der Waals surface area contributed by atoms with Gasteiger partial charge in [0.05, 0.1) is 6.10 Å². The number of aliphatic hydroxyl groups is 1. The van der Waals surface area contributed by atoms with Crippen LogP contribution >= 0.6 is 0 Å². The lowest BCUT2D eigenvalue weighted by Crippen LogP contribution is -2.40. The Bertz CT molecular complexity index is 173. The number of nitrogens with zero attached hydrogens (tertiary/aromatic N) is 2. The Morgan fingerprint density at radius 2 is 2.13 bits per heavy atom. The second kappa shape index (κ2) is 6.46. The molecule has 1 fully saturated rings. The van der Waals surface area contributed by atoms with Crippen molar-refractivity contribution in [3.63, 3.8) is 0 Å². The summed E-state index contributed by atoms with van der Waals surface area (Å²) >= 11 is 0. The van der Waals surface area contributed by atoms with E-state index < -0.39 is 0 Å². The van der Waals surface area contributed by atoms with Gasteiger partial charge in [0.25, 0.3) is 0 Å². The molecule has 1 aliphatic heterocycles. The number of likely N-dealkylation sites (N-methyl/N-ethyl adjacent to an activating group) is 1. The molecule has 0 aliphatic carbocycles. The van der Waals surface area contributed by atoms with E-state index in [1.54, 1.807) is 0 Å². The highest BCUT2D eigenvalue weighted by molar-refractivity contribution is 4.77. The molecular formula is C12H26N2O. The van der Waals surface area contributed by atoms with Crippen LogP contribution in [-0.4, -0.2) is 60.3 Å². The van der Waals surface area contributed by atoms with Gasteiger partial charge >= 0.3 is 0 Å². The van der Waals surface area contributed by atoms with Crippen LogP contribution in [-0.2, 0) is 0 Å². The average Bonchev–Trinajstić information content (AvgIpc) is 2.36. The molecule has 3 nitrogen and oxygen atoms in total. The van der Waals surface area contributed by atoms with Crippen LogP contribution in [0.4, 0.5) is 0 Å². The Labute approximate surface area is 94.1 Å². The number of aliphatic hydroxyl groups excluding tert-OH is 1. The fourth-order valence-electron chi connectivity index (χ4n) is 2.33. The summed E-state index contributed by atoms with van der Waals surface area (Å²) in [7, 11) is 2.21. The molecule has 0 bridgehead atoms. The summed E-state index contributed by atoms with van der Waals surface area (Å²) in [6.07, 6.45) is 3.21. The average molecular weight is 214 g/mol. The van der Waals surface area contributed by atoms with Gasteiger partial charge in [-0.25, -0.2) is 0 Å². The zero-order chi connectivity index (χ0) is 11.3. The van der Waals surface area contributed by atoms with E-state index in [0.717, 1.165) is 13.0 Å². The first-order valence-electron chi connectivity index (χ1n) is 6.24. The lowest BCUT2D eigenvalue weighted by atomic mass is 10.1. The monoisotopic (exact) mass is 214 g/mol. The van der Waals surface area contributed by atoms with E-state index >= 15 is 0 Å². The van der Waals surface area contributed by atoms with Crippen molar-refractivity contribution in [3.05, 3.63) is 0 Å². The maximum atomic E-state index is 9.33. The van der Waals surface area contributed by atoms with Crippen molar-refractivity contribution in [1.29, 1.82) is 0 Å². The zero-order valence-electron chi connectivity index (χ0n) is 10.4. The standard InChI is InChI=1S/C12H26N2O/c1-4-12-10-13(3)7-5-8-14(12)9-6-11(2)15/h11-12,15H,4-10H2,1-3H3. The fourth-order valence-corrected chi connectivity index (χ4v) is 2.33. The van der Waals surface area contributed by atoms with E-state index in [2.05, 4.69) is 23.8 Å². The quantitative estimate of drug-likeness (QED) is 0.761. The van der Waals surface area contributed by atoms with Crippen LogP contribution < -0.4 is 0 Å². The van der Waals surface area contributed by atoms with Crippen molar-refractivity contribution in [3.8, 4) is 0 Å².